The van der Waals surface area contributed by atoms with E-state index in [4.69, 9.17) is 0 Å². The lowest BCUT2D eigenvalue weighted by Gasteiger charge is -2.33. The molecule has 0 spiro atoms. The van der Waals surface area contributed by atoms with Gasteiger partial charge in [-0.3, -0.25) is 9.59 Å². The first kappa shape index (κ1) is 15.1. The van der Waals surface area contributed by atoms with Gasteiger partial charge in [-0.25, -0.2) is 4.68 Å². The topological polar surface area (TPSA) is 55.2 Å². The van der Waals surface area contributed by atoms with E-state index in [2.05, 4.69) is 16.5 Å². The van der Waals surface area contributed by atoms with Crippen LogP contribution in [0, 0.1) is 0 Å². The van der Waals surface area contributed by atoms with Crippen LogP contribution in [0.5, 0.6) is 0 Å². The SMILES string of the molecule is C[C@@H]1c2ccsc2CCN1C(=O)c1nn(C)c(=O)c2ccccc12. The summed E-state index contributed by atoms with van der Waals surface area (Å²) in [6, 6.07) is 9.28. The third-order valence-corrected chi connectivity index (χ3v) is 5.69. The maximum Gasteiger partial charge on any atom is 0.275 e. The van der Waals surface area contributed by atoms with Gasteiger partial charge < -0.3 is 4.90 Å². The van der Waals surface area contributed by atoms with Crippen LogP contribution in [0.1, 0.15) is 33.9 Å². The number of fused-ring (bicyclic) bond motifs is 2. The molecule has 24 heavy (non-hydrogen) atoms. The fraction of sp³-hybridized carbons (Fsp3) is 0.278. The van der Waals surface area contributed by atoms with Gasteiger partial charge in [0.2, 0.25) is 0 Å². The Bertz CT molecular complexity index is 1000. The molecule has 6 heteroatoms. The molecule has 1 aliphatic heterocycles. The van der Waals surface area contributed by atoms with Crippen molar-refractivity contribution < 1.29 is 4.79 Å². The molecule has 2 aromatic heterocycles. The van der Waals surface area contributed by atoms with Gasteiger partial charge in [-0.1, -0.05) is 18.2 Å². The highest BCUT2D eigenvalue weighted by Gasteiger charge is 2.31. The molecule has 0 aliphatic carbocycles. The number of hydrogen-bond donors (Lipinski definition) is 0. The van der Waals surface area contributed by atoms with Crippen LogP contribution in [0.4, 0.5) is 0 Å². The summed E-state index contributed by atoms with van der Waals surface area (Å²) in [5.74, 6) is -0.119. The summed E-state index contributed by atoms with van der Waals surface area (Å²) in [5, 5.41) is 7.49. The van der Waals surface area contributed by atoms with Crippen molar-refractivity contribution in [3.05, 3.63) is 62.2 Å². The Morgan fingerprint density at radius 1 is 1.25 bits per heavy atom. The summed E-state index contributed by atoms with van der Waals surface area (Å²) >= 11 is 1.75. The Balaban J connectivity index is 1.83. The minimum absolute atomic E-state index is 0.0188. The largest absolute Gasteiger partial charge is 0.330 e. The van der Waals surface area contributed by atoms with Gasteiger partial charge in [0, 0.05) is 23.9 Å². The number of nitrogens with zero attached hydrogens (tertiary/aromatic N) is 3. The molecule has 0 unspecified atom stereocenters. The van der Waals surface area contributed by atoms with Crippen LogP contribution in [-0.4, -0.2) is 27.1 Å². The quantitative estimate of drug-likeness (QED) is 0.685. The first-order valence-corrected chi connectivity index (χ1v) is 8.79. The lowest BCUT2D eigenvalue weighted by atomic mass is 10.0. The highest BCUT2D eigenvalue weighted by atomic mass is 32.1. The highest BCUT2D eigenvalue weighted by Crippen LogP contribution is 2.33. The van der Waals surface area contributed by atoms with E-state index in [0.29, 0.717) is 23.0 Å². The van der Waals surface area contributed by atoms with Crippen LogP contribution in [0.25, 0.3) is 10.8 Å². The van der Waals surface area contributed by atoms with Crippen molar-refractivity contribution in [2.24, 2.45) is 7.05 Å². The molecule has 1 aromatic carbocycles. The number of benzene rings is 1. The van der Waals surface area contributed by atoms with Crippen molar-refractivity contribution in [1.29, 1.82) is 0 Å². The van der Waals surface area contributed by atoms with Gasteiger partial charge in [0.15, 0.2) is 5.69 Å². The third-order valence-electron chi connectivity index (χ3n) is 4.70. The Hall–Kier alpha value is -2.47. The van der Waals surface area contributed by atoms with Crippen molar-refractivity contribution in [3.63, 3.8) is 0 Å². The van der Waals surface area contributed by atoms with Crippen LogP contribution in [0.2, 0.25) is 0 Å². The number of thiophene rings is 1. The number of hydrogen-bond acceptors (Lipinski definition) is 4. The average Bonchev–Trinajstić information content (AvgIpc) is 3.07. The van der Waals surface area contributed by atoms with Gasteiger partial charge in [-0.2, -0.15) is 5.10 Å². The summed E-state index contributed by atoms with van der Waals surface area (Å²) in [5.41, 5.74) is 1.38. The number of carbonyl (C=O) groups excluding carboxylic acids is 1. The van der Waals surface area contributed by atoms with Gasteiger partial charge in [-0.05, 0) is 36.4 Å². The minimum Gasteiger partial charge on any atom is -0.330 e. The number of amides is 1. The molecule has 5 nitrogen and oxygen atoms in total. The van der Waals surface area contributed by atoms with E-state index >= 15 is 0 Å². The zero-order chi connectivity index (χ0) is 16.8. The molecule has 1 aliphatic rings. The van der Waals surface area contributed by atoms with E-state index in [0.717, 1.165) is 6.42 Å². The molecular weight excluding hydrogens is 322 g/mol. The second-order valence-electron chi connectivity index (χ2n) is 6.05. The van der Waals surface area contributed by atoms with Crippen molar-refractivity contribution in [1.82, 2.24) is 14.7 Å². The summed E-state index contributed by atoms with van der Waals surface area (Å²) in [6.45, 7) is 2.72. The van der Waals surface area contributed by atoms with Crippen LogP contribution in [0.15, 0.2) is 40.5 Å². The summed E-state index contributed by atoms with van der Waals surface area (Å²) in [6.07, 6.45) is 0.868. The monoisotopic (exact) mass is 339 g/mol. The lowest BCUT2D eigenvalue weighted by Crippen LogP contribution is -2.39. The second-order valence-corrected chi connectivity index (χ2v) is 7.05. The fourth-order valence-corrected chi connectivity index (χ4v) is 4.34. The molecule has 0 N–H and O–H groups in total. The second kappa shape index (κ2) is 5.56. The molecule has 122 valence electrons. The molecule has 4 rings (SSSR count). The molecule has 0 saturated carbocycles. The van der Waals surface area contributed by atoms with E-state index in [-0.39, 0.29) is 17.5 Å². The standard InChI is InChI=1S/C18H17N3O2S/c1-11-12-8-10-24-15(12)7-9-21(11)18(23)16-13-5-3-4-6-14(13)17(22)20(2)19-16/h3-6,8,10-11H,7,9H2,1-2H3/t11-/m1/s1. The van der Waals surface area contributed by atoms with Crippen molar-refractivity contribution in [2.45, 2.75) is 19.4 Å². The lowest BCUT2D eigenvalue weighted by molar-refractivity contribution is 0.0673. The molecule has 3 aromatic rings. The van der Waals surface area contributed by atoms with Crippen LogP contribution in [0.3, 0.4) is 0 Å². The first-order valence-electron chi connectivity index (χ1n) is 7.91. The van der Waals surface area contributed by atoms with Gasteiger partial charge in [0.25, 0.3) is 11.5 Å². The van der Waals surface area contributed by atoms with Crippen molar-refractivity contribution >= 4 is 28.0 Å². The molecule has 1 amide bonds. The number of carbonyl (C=O) groups is 1. The van der Waals surface area contributed by atoms with Gasteiger partial charge in [0.1, 0.15) is 0 Å². The summed E-state index contributed by atoms with van der Waals surface area (Å²) in [4.78, 5) is 28.6. The Kier molecular flexibility index (Phi) is 3.49. The summed E-state index contributed by atoms with van der Waals surface area (Å²) < 4.78 is 1.25. The van der Waals surface area contributed by atoms with Crippen molar-refractivity contribution in [3.8, 4) is 0 Å². The highest BCUT2D eigenvalue weighted by molar-refractivity contribution is 7.10. The van der Waals surface area contributed by atoms with Crippen LogP contribution < -0.4 is 5.56 Å². The van der Waals surface area contributed by atoms with Crippen LogP contribution >= 0.6 is 11.3 Å². The van der Waals surface area contributed by atoms with Crippen LogP contribution in [-0.2, 0) is 13.5 Å². The molecule has 1 atom stereocenters. The molecule has 0 radical (unpaired) electrons. The number of aryl methyl sites for hydroxylation is 1. The first-order chi connectivity index (χ1) is 11.6. The predicted molar refractivity (Wildman–Crippen MR) is 94.5 cm³/mol. The van der Waals surface area contributed by atoms with Gasteiger partial charge >= 0.3 is 0 Å². The Morgan fingerprint density at radius 2 is 2.00 bits per heavy atom. The van der Waals surface area contributed by atoms with E-state index in [1.54, 1.807) is 36.6 Å². The fourth-order valence-electron chi connectivity index (χ4n) is 3.38. The maximum atomic E-state index is 13.2. The molecule has 3 heterocycles. The maximum absolute atomic E-state index is 13.2. The van der Waals surface area contributed by atoms with E-state index in [9.17, 15) is 9.59 Å². The molecule has 0 saturated heterocycles. The van der Waals surface area contributed by atoms with E-state index in [1.807, 2.05) is 17.9 Å². The molecule has 0 bridgehead atoms. The smallest absolute Gasteiger partial charge is 0.275 e. The van der Waals surface area contributed by atoms with E-state index in [1.165, 1.54) is 15.1 Å². The normalized spacial score (nSPS) is 17.1. The van der Waals surface area contributed by atoms with E-state index < -0.39 is 0 Å². The Labute approximate surface area is 143 Å². The minimum atomic E-state index is -0.186. The number of aromatic nitrogens is 2. The zero-order valence-corrected chi connectivity index (χ0v) is 14.3. The van der Waals surface area contributed by atoms with Gasteiger partial charge in [-0.15, -0.1) is 11.3 Å². The van der Waals surface area contributed by atoms with Gasteiger partial charge in [0.05, 0.1) is 11.4 Å². The number of rotatable bonds is 1. The third kappa shape index (κ3) is 2.17. The average molecular weight is 339 g/mol. The Morgan fingerprint density at radius 3 is 2.79 bits per heavy atom. The predicted octanol–water partition coefficient (Wildman–Crippen LogP) is 2.75. The molecule has 0 fully saturated rings. The molecular formula is C18H17N3O2S. The summed E-state index contributed by atoms with van der Waals surface area (Å²) in [7, 11) is 1.59. The van der Waals surface area contributed by atoms with Crippen molar-refractivity contribution in [2.75, 3.05) is 6.54 Å². The zero-order valence-electron chi connectivity index (χ0n) is 13.5.